The van der Waals surface area contributed by atoms with Gasteiger partial charge >= 0.3 is 0 Å². The smallest absolute Gasteiger partial charge is 0.225 e. The Balaban J connectivity index is 4.21. The topological polar surface area (TPSA) is 112 Å². The van der Waals surface area contributed by atoms with Crippen LogP contribution in [0.2, 0.25) is 0 Å². The van der Waals surface area contributed by atoms with Crippen LogP contribution < -0.4 is 16.4 Å². The molecule has 8 heteroatoms. The molecule has 0 rings (SSSR count). The molecule has 37 heavy (non-hydrogen) atoms. The second kappa shape index (κ2) is 16.7. The first-order chi connectivity index (χ1) is 16.9. The van der Waals surface area contributed by atoms with Crippen molar-refractivity contribution in [1.29, 1.82) is 0 Å². The molecule has 0 aromatic rings. The molecule has 0 atom stereocenters. The maximum atomic E-state index is 12.7. The predicted molar refractivity (Wildman–Crippen MR) is 151 cm³/mol. The summed E-state index contributed by atoms with van der Waals surface area (Å²) in [6, 6.07) is 0. The van der Waals surface area contributed by atoms with Gasteiger partial charge in [0.2, 0.25) is 11.8 Å². The van der Waals surface area contributed by atoms with E-state index < -0.39 is 16.4 Å². The molecule has 0 aliphatic carbocycles. The molecule has 2 amide bonds. The van der Waals surface area contributed by atoms with Crippen LogP contribution in [0, 0.1) is 16.7 Å². The van der Waals surface area contributed by atoms with Crippen LogP contribution >= 0.6 is 0 Å². The number of ether oxygens (including phenoxy) is 3. The van der Waals surface area contributed by atoms with E-state index in [1.165, 1.54) is 0 Å². The van der Waals surface area contributed by atoms with Gasteiger partial charge in [-0.3, -0.25) is 9.59 Å². The van der Waals surface area contributed by atoms with E-state index in [-0.39, 0.29) is 17.4 Å². The van der Waals surface area contributed by atoms with Crippen LogP contribution in [0.1, 0.15) is 101 Å². The average molecular weight is 530 g/mol. The van der Waals surface area contributed by atoms with Crippen molar-refractivity contribution in [3.63, 3.8) is 0 Å². The van der Waals surface area contributed by atoms with Gasteiger partial charge in [0.15, 0.2) is 0 Å². The zero-order valence-corrected chi connectivity index (χ0v) is 25.7. The lowest BCUT2D eigenvalue weighted by Crippen LogP contribution is -2.41. The van der Waals surface area contributed by atoms with Gasteiger partial charge in [0, 0.05) is 55.9 Å². The molecule has 220 valence electrons. The second-order valence-electron chi connectivity index (χ2n) is 13.3. The lowest BCUT2D eigenvalue weighted by atomic mass is 9.88. The van der Waals surface area contributed by atoms with Crippen molar-refractivity contribution in [3.8, 4) is 0 Å². The number of carbonyl (C=O) groups is 2. The minimum absolute atomic E-state index is 0.0145. The fourth-order valence-electron chi connectivity index (χ4n) is 3.26. The highest BCUT2D eigenvalue weighted by Gasteiger charge is 2.30. The summed E-state index contributed by atoms with van der Waals surface area (Å²) < 4.78 is 17.3. The van der Waals surface area contributed by atoms with E-state index in [2.05, 4.69) is 24.5 Å². The molecular weight excluding hydrogens is 470 g/mol. The molecular formula is C29H59N3O5. The van der Waals surface area contributed by atoms with Crippen molar-refractivity contribution < 1.29 is 23.8 Å². The summed E-state index contributed by atoms with van der Waals surface area (Å²) in [5.74, 6) is 0.638. The molecule has 0 fully saturated rings. The Morgan fingerprint density at radius 3 is 1.70 bits per heavy atom. The number of amides is 2. The van der Waals surface area contributed by atoms with Crippen molar-refractivity contribution in [2.45, 2.75) is 112 Å². The Labute approximate surface area is 227 Å². The first-order valence-corrected chi connectivity index (χ1v) is 14.0. The van der Waals surface area contributed by atoms with E-state index in [0.29, 0.717) is 64.7 Å². The SMILES string of the molecule is CC(C)CCOCCC(C)(C)C(=O)NCCC(C)(C)OCCC(C)(C)C(=O)NCCOCCC(C)(C)N. The van der Waals surface area contributed by atoms with E-state index in [0.717, 1.165) is 19.4 Å². The van der Waals surface area contributed by atoms with E-state index in [1.807, 2.05) is 55.4 Å². The zero-order valence-electron chi connectivity index (χ0n) is 25.7. The van der Waals surface area contributed by atoms with Crippen LogP contribution in [-0.2, 0) is 23.8 Å². The fourth-order valence-corrected chi connectivity index (χ4v) is 3.26. The quantitative estimate of drug-likeness (QED) is 0.190. The standard InChI is InChI=1S/C29H59N3O5/c1-23(2)11-18-35-19-13-26(3,4)24(33)31-16-12-29(9,10)37-21-14-27(5,6)25(34)32-17-22-36-20-15-28(7,8)30/h23H,11-22,30H2,1-10H3,(H,31,33)(H,32,34). The van der Waals surface area contributed by atoms with Gasteiger partial charge in [0.05, 0.1) is 12.2 Å². The first kappa shape index (κ1) is 35.8. The number of carbonyl (C=O) groups excluding carboxylic acids is 2. The minimum atomic E-state index is -0.551. The third-order valence-electron chi connectivity index (χ3n) is 6.60. The van der Waals surface area contributed by atoms with Gasteiger partial charge in [-0.15, -0.1) is 0 Å². The highest BCUT2D eigenvalue weighted by atomic mass is 16.5. The molecule has 0 saturated carbocycles. The van der Waals surface area contributed by atoms with Gasteiger partial charge in [0.1, 0.15) is 0 Å². The van der Waals surface area contributed by atoms with E-state index in [9.17, 15) is 9.59 Å². The van der Waals surface area contributed by atoms with Crippen molar-refractivity contribution in [2.75, 3.05) is 46.1 Å². The van der Waals surface area contributed by atoms with Crippen LogP contribution in [0.3, 0.4) is 0 Å². The number of hydrogen-bond donors (Lipinski definition) is 3. The minimum Gasteiger partial charge on any atom is -0.381 e. The van der Waals surface area contributed by atoms with Crippen LogP contribution in [0.5, 0.6) is 0 Å². The third-order valence-corrected chi connectivity index (χ3v) is 6.60. The average Bonchev–Trinajstić information content (AvgIpc) is 2.74. The first-order valence-electron chi connectivity index (χ1n) is 14.0. The summed E-state index contributed by atoms with van der Waals surface area (Å²) in [6.07, 6.45) is 3.78. The molecule has 8 nitrogen and oxygen atoms in total. The van der Waals surface area contributed by atoms with Gasteiger partial charge in [0.25, 0.3) is 0 Å². The second-order valence-corrected chi connectivity index (χ2v) is 13.3. The van der Waals surface area contributed by atoms with E-state index in [1.54, 1.807) is 0 Å². The lowest BCUT2D eigenvalue weighted by molar-refractivity contribution is -0.132. The molecule has 0 heterocycles. The lowest BCUT2D eigenvalue weighted by Gasteiger charge is -2.30. The largest absolute Gasteiger partial charge is 0.381 e. The number of nitrogens with two attached hydrogens (primary N) is 1. The van der Waals surface area contributed by atoms with Crippen molar-refractivity contribution >= 4 is 11.8 Å². The molecule has 0 radical (unpaired) electrons. The Morgan fingerprint density at radius 2 is 1.16 bits per heavy atom. The Bertz CT molecular complexity index is 654. The van der Waals surface area contributed by atoms with E-state index in [4.69, 9.17) is 19.9 Å². The van der Waals surface area contributed by atoms with Gasteiger partial charge in [-0.25, -0.2) is 0 Å². The highest BCUT2D eigenvalue weighted by molar-refractivity contribution is 5.82. The molecule has 0 aliphatic rings. The molecule has 0 unspecified atom stereocenters. The van der Waals surface area contributed by atoms with Crippen molar-refractivity contribution in [2.24, 2.45) is 22.5 Å². The maximum Gasteiger partial charge on any atom is 0.225 e. The number of nitrogens with one attached hydrogen (secondary N) is 2. The number of hydrogen-bond acceptors (Lipinski definition) is 6. The summed E-state index contributed by atoms with van der Waals surface area (Å²) in [4.78, 5) is 25.3. The van der Waals surface area contributed by atoms with Crippen molar-refractivity contribution in [1.82, 2.24) is 10.6 Å². The fraction of sp³-hybridized carbons (Fsp3) is 0.931. The van der Waals surface area contributed by atoms with Crippen LogP contribution in [-0.4, -0.2) is 69.1 Å². The number of rotatable bonds is 21. The monoisotopic (exact) mass is 529 g/mol. The summed E-state index contributed by atoms with van der Waals surface area (Å²) in [6.45, 7) is 23.9. The van der Waals surface area contributed by atoms with Gasteiger partial charge < -0.3 is 30.6 Å². The van der Waals surface area contributed by atoms with Gasteiger partial charge in [-0.05, 0) is 65.7 Å². The molecule has 4 N–H and O–H groups in total. The van der Waals surface area contributed by atoms with Crippen molar-refractivity contribution in [3.05, 3.63) is 0 Å². The maximum absolute atomic E-state index is 12.7. The van der Waals surface area contributed by atoms with Crippen LogP contribution in [0.15, 0.2) is 0 Å². The van der Waals surface area contributed by atoms with Gasteiger partial charge in [-0.1, -0.05) is 41.5 Å². The molecule has 0 bridgehead atoms. The zero-order chi connectivity index (χ0) is 28.8. The predicted octanol–water partition coefficient (Wildman–Crippen LogP) is 4.44. The molecule has 0 spiro atoms. The van der Waals surface area contributed by atoms with E-state index >= 15 is 0 Å². The highest BCUT2D eigenvalue weighted by Crippen LogP contribution is 2.24. The molecule has 0 aliphatic heterocycles. The van der Waals surface area contributed by atoms with Crippen LogP contribution in [0.25, 0.3) is 0 Å². The summed E-state index contributed by atoms with van der Waals surface area (Å²) >= 11 is 0. The normalized spacial score (nSPS) is 13.2. The summed E-state index contributed by atoms with van der Waals surface area (Å²) in [7, 11) is 0. The molecule has 0 aromatic carbocycles. The Hall–Kier alpha value is -1.22. The van der Waals surface area contributed by atoms with Crippen LogP contribution in [0.4, 0.5) is 0 Å². The Kier molecular flexibility index (Phi) is 16.1. The molecule has 0 saturated heterocycles. The third kappa shape index (κ3) is 18.6. The summed E-state index contributed by atoms with van der Waals surface area (Å²) in [5, 5.41) is 6.00. The molecule has 0 aromatic heterocycles. The Morgan fingerprint density at radius 1 is 0.676 bits per heavy atom. The summed E-state index contributed by atoms with van der Waals surface area (Å²) in [5.41, 5.74) is 4.25. The van der Waals surface area contributed by atoms with Gasteiger partial charge in [-0.2, -0.15) is 0 Å².